The van der Waals surface area contributed by atoms with E-state index in [9.17, 15) is 15.0 Å². The number of nitrogen functional groups attached to an aromatic ring is 1. The van der Waals surface area contributed by atoms with Crippen molar-refractivity contribution >= 4 is 23.3 Å². The fraction of sp³-hybridized carbons (Fsp3) is 0.300. The number of aliphatic hydroxyl groups is 2. The first-order valence-corrected chi connectivity index (χ1v) is 5.05. The lowest BCUT2D eigenvalue weighted by atomic mass is 10.0. The predicted octanol–water partition coefficient (Wildman–Crippen LogP) is 0.600. The highest BCUT2D eigenvalue weighted by atomic mass is 35.5. The van der Waals surface area contributed by atoms with Gasteiger partial charge in [-0.25, -0.2) is 4.79 Å². The molecule has 1 aromatic carbocycles. The fourth-order valence-corrected chi connectivity index (χ4v) is 1.42. The first-order chi connectivity index (χ1) is 7.47. The molecule has 0 bridgehead atoms. The molecule has 0 saturated carbocycles. The maximum atomic E-state index is 10.7. The van der Waals surface area contributed by atoms with E-state index in [1.807, 2.05) is 0 Å². The second kappa shape index (κ2) is 5.16. The molecule has 1 aromatic rings. The number of alkyl halides is 1. The number of carbonyl (C=O) groups is 1. The zero-order chi connectivity index (χ0) is 12.3. The minimum absolute atomic E-state index is 0.00924. The van der Waals surface area contributed by atoms with Crippen LogP contribution in [0.2, 0.25) is 0 Å². The van der Waals surface area contributed by atoms with Crippen LogP contribution in [0, 0.1) is 0 Å². The van der Waals surface area contributed by atoms with E-state index >= 15 is 0 Å². The first kappa shape index (κ1) is 12.8. The Kier molecular flexibility index (Phi) is 4.12. The van der Waals surface area contributed by atoms with Crippen LogP contribution in [-0.2, 0) is 0 Å². The number of carboxylic acids is 1. The maximum absolute atomic E-state index is 10.7. The van der Waals surface area contributed by atoms with Gasteiger partial charge in [-0.2, -0.15) is 0 Å². The van der Waals surface area contributed by atoms with Gasteiger partial charge in [0.2, 0.25) is 0 Å². The highest BCUT2D eigenvalue weighted by Gasteiger charge is 2.20. The van der Waals surface area contributed by atoms with Crippen molar-refractivity contribution in [2.45, 2.75) is 12.2 Å². The molecule has 0 fully saturated rings. The van der Waals surface area contributed by atoms with E-state index in [2.05, 4.69) is 0 Å². The number of anilines is 1. The third-order valence-electron chi connectivity index (χ3n) is 2.17. The molecule has 0 saturated heterocycles. The van der Waals surface area contributed by atoms with E-state index in [0.29, 0.717) is 0 Å². The third kappa shape index (κ3) is 2.63. The fourth-order valence-electron chi connectivity index (χ4n) is 1.26. The summed E-state index contributed by atoms with van der Waals surface area (Å²) in [7, 11) is 0. The summed E-state index contributed by atoms with van der Waals surface area (Å²) in [6.45, 7) is 0. The van der Waals surface area contributed by atoms with Gasteiger partial charge in [0.1, 0.15) is 6.10 Å². The van der Waals surface area contributed by atoms with E-state index < -0.39 is 18.2 Å². The molecule has 88 valence electrons. The molecule has 0 aliphatic rings. The summed E-state index contributed by atoms with van der Waals surface area (Å²) >= 11 is 5.38. The van der Waals surface area contributed by atoms with Crippen molar-refractivity contribution in [3.63, 3.8) is 0 Å². The van der Waals surface area contributed by atoms with Crippen LogP contribution in [0.15, 0.2) is 18.2 Å². The van der Waals surface area contributed by atoms with E-state index in [4.69, 9.17) is 22.4 Å². The smallest absolute Gasteiger partial charge is 0.335 e. The second-order valence-corrected chi connectivity index (χ2v) is 3.62. The molecule has 16 heavy (non-hydrogen) atoms. The Morgan fingerprint density at radius 1 is 1.44 bits per heavy atom. The predicted molar refractivity (Wildman–Crippen MR) is 59.5 cm³/mol. The lowest BCUT2D eigenvalue weighted by Crippen LogP contribution is -2.21. The van der Waals surface area contributed by atoms with Crippen LogP contribution in [0.3, 0.4) is 0 Å². The summed E-state index contributed by atoms with van der Waals surface area (Å²) < 4.78 is 0. The molecule has 0 aliphatic carbocycles. The van der Waals surface area contributed by atoms with Crippen molar-refractivity contribution in [1.29, 1.82) is 0 Å². The first-order valence-electron chi connectivity index (χ1n) is 4.52. The summed E-state index contributed by atoms with van der Waals surface area (Å²) in [5.41, 5.74) is 5.94. The molecule has 2 atom stereocenters. The summed E-state index contributed by atoms with van der Waals surface area (Å²) in [5, 5.41) is 27.8. The van der Waals surface area contributed by atoms with Crippen LogP contribution in [0.4, 0.5) is 5.69 Å². The minimum atomic E-state index is -1.29. The zero-order valence-electron chi connectivity index (χ0n) is 8.30. The molecule has 0 aliphatic heterocycles. The summed E-state index contributed by atoms with van der Waals surface area (Å²) in [5.74, 6) is -1.30. The van der Waals surface area contributed by atoms with Gasteiger partial charge in [-0.1, -0.05) is 0 Å². The molecule has 0 aromatic heterocycles. The van der Waals surface area contributed by atoms with Crippen LogP contribution in [0.5, 0.6) is 0 Å². The van der Waals surface area contributed by atoms with E-state index in [0.717, 1.165) is 0 Å². The Morgan fingerprint density at radius 2 is 2.06 bits per heavy atom. The second-order valence-electron chi connectivity index (χ2n) is 3.32. The van der Waals surface area contributed by atoms with Crippen molar-refractivity contribution in [3.8, 4) is 0 Å². The van der Waals surface area contributed by atoms with Gasteiger partial charge in [0, 0.05) is 11.3 Å². The van der Waals surface area contributed by atoms with Crippen molar-refractivity contribution in [1.82, 2.24) is 0 Å². The standard InChI is InChI=1S/C10H12ClNO4/c11-4-8(13)9(14)6-3-5(10(15)16)1-2-7(6)12/h1-3,8-9,13-14H,4,12H2,(H,15,16). The number of hydrogen-bond acceptors (Lipinski definition) is 4. The van der Waals surface area contributed by atoms with E-state index in [1.165, 1.54) is 18.2 Å². The minimum Gasteiger partial charge on any atom is -0.478 e. The summed E-state index contributed by atoms with van der Waals surface area (Å²) in [6.07, 6.45) is -2.48. The quantitative estimate of drug-likeness (QED) is 0.459. The van der Waals surface area contributed by atoms with E-state index in [1.54, 1.807) is 0 Å². The Labute approximate surface area is 97.1 Å². The molecule has 2 unspecified atom stereocenters. The van der Waals surface area contributed by atoms with Gasteiger partial charge in [0.25, 0.3) is 0 Å². The van der Waals surface area contributed by atoms with Gasteiger partial charge in [-0.15, -0.1) is 11.6 Å². The molecule has 0 spiro atoms. The van der Waals surface area contributed by atoms with E-state index in [-0.39, 0.29) is 22.7 Å². The van der Waals surface area contributed by atoms with Gasteiger partial charge in [-0.05, 0) is 18.2 Å². The number of halogens is 1. The topological polar surface area (TPSA) is 104 Å². The van der Waals surface area contributed by atoms with Crippen molar-refractivity contribution in [2.75, 3.05) is 11.6 Å². The van der Waals surface area contributed by atoms with Crippen molar-refractivity contribution in [2.24, 2.45) is 0 Å². The molecule has 0 amide bonds. The zero-order valence-corrected chi connectivity index (χ0v) is 9.05. The van der Waals surface area contributed by atoms with Crippen LogP contribution >= 0.6 is 11.6 Å². The van der Waals surface area contributed by atoms with Crippen LogP contribution in [-0.4, -0.2) is 33.3 Å². The number of benzene rings is 1. The summed E-state index contributed by atoms with van der Waals surface area (Å²) in [4.78, 5) is 10.7. The molecule has 0 heterocycles. The van der Waals surface area contributed by atoms with Gasteiger partial charge < -0.3 is 21.1 Å². The molecule has 6 heteroatoms. The average molecular weight is 246 g/mol. The SMILES string of the molecule is Nc1ccc(C(=O)O)cc1C(O)C(O)CCl. The lowest BCUT2D eigenvalue weighted by Gasteiger charge is -2.17. The Hall–Kier alpha value is -1.30. The van der Waals surface area contributed by atoms with Crippen LogP contribution in [0.1, 0.15) is 22.0 Å². The maximum Gasteiger partial charge on any atom is 0.335 e. The van der Waals surface area contributed by atoms with Gasteiger partial charge in [0.15, 0.2) is 0 Å². The highest BCUT2D eigenvalue weighted by molar-refractivity contribution is 6.18. The van der Waals surface area contributed by atoms with Gasteiger partial charge in [-0.3, -0.25) is 0 Å². The Bertz CT molecular complexity index is 396. The number of hydrogen-bond donors (Lipinski definition) is 4. The monoisotopic (exact) mass is 245 g/mol. The number of nitrogens with two attached hydrogens (primary N) is 1. The number of aliphatic hydroxyl groups excluding tert-OH is 2. The van der Waals surface area contributed by atoms with Crippen molar-refractivity contribution < 1.29 is 20.1 Å². The van der Waals surface area contributed by atoms with Crippen LogP contribution in [0.25, 0.3) is 0 Å². The lowest BCUT2D eigenvalue weighted by molar-refractivity contribution is 0.0330. The Morgan fingerprint density at radius 3 is 2.56 bits per heavy atom. The third-order valence-corrected chi connectivity index (χ3v) is 2.49. The normalized spacial score (nSPS) is 14.4. The number of aromatic carboxylic acids is 1. The largest absolute Gasteiger partial charge is 0.478 e. The molecule has 5 nitrogen and oxygen atoms in total. The molecule has 1 rings (SSSR count). The molecule has 5 N–H and O–H groups in total. The van der Waals surface area contributed by atoms with Crippen LogP contribution < -0.4 is 5.73 Å². The number of rotatable bonds is 4. The summed E-state index contributed by atoms with van der Waals surface area (Å²) in [6, 6.07) is 3.90. The Balaban J connectivity index is 3.11. The average Bonchev–Trinajstić information content (AvgIpc) is 2.27. The van der Waals surface area contributed by atoms with Gasteiger partial charge >= 0.3 is 5.97 Å². The molecular formula is C10H12ClNO4. The molecule has 0 radical (unpaired) electrons. The molecular weight excluding hydrogens is 234 g/mol. The highest BCUT2D eigenvalue weighted by Crippen LogP contribution is 2.25. The van der Waals surface area contributed by atoms with Gasteiger partial charge in [0.05, 0.1) is 17.5 Å². The number of carboxylic acid groups (broad SMARTS) is 1. The van der Waals surface area contributed by atoms with Crippen molar-refractivity contribution in [3.05, 3.63) is 29.3 Å².